The molecule has 1 fully saturated rings. The van der Waals surface area contributed by atoms with Gasteiger partial charge in [0, 0.05) is 19.0 Å². The lowest BCUT2D eigenvalue weighted by molar-refractivity contribution is -0.117. The van der Waals surface area contributed by atoms with Gasteiger partial charge in [-0.2, -0.15) is 0 Å². The fourth-order valence-electron chi connectivity index (χ4n) is 1.86. The van der Waals surface area contributed by atoms with E-state index in [0.717, 1.165) is 5.56 Å². The molecule has 0 spiro atoms. The molecule has 1 atom stereocenters. The van der Waals surface area contributed by atoms with Crippen molar-refractivity contribution in [3.05, 3.63) is 21.9 Å². The summed E-state index contributed by atoms with van der Waals surface area (Å²) in [5.74, 6) is -0.0263. The number of amides is 1. The first-order valence-corrected chi connectivity index (χ1v) is 5.63. The largest absolute Gasteiger partial charge is 0.326 e. The SMILES string of the molecule is Cc1cc(Cl)nc(Cl)c1N1CC(N)CC1=O. The topological polar surface area (TPSA) is 59.2 Å². The quantitative estimate of drug-likeness (QED) is 0.783. The molecule has 2 rings (SSSR count). The standard InChI is InChI=1S/C10H11Cl2N3O/c1-5-2-7(11)14-10(12)9(5)15-4-6(13)3-8(15)16/h2,6H,3-4,13H2,1H3. The number of anilines is 1. The summed E-state index contributed by atoms with van der Waals surface area (Å²) in [4.78, 5) is 17.2. The summed E-state index contributed by atoms with van der Waals surface area (Å²) in [5, 5.41) is 0.564. The molecule has 86 valence electrons. The van der Waals surface area contributed by atoms with Gasteiger partial charge in [0.15, 0.2) is 5.15 Å². The Kier molecular flexibility index (Phi) is 3.06. The molecule has 1 unspecified atom stereocenters. The molecule has 0 saturated carbocycles. The van der Waals surface area contributed by atoms with Crippen LogP contribution in [0.5, 0.6) is 0 Å². The summed E-state index contributed by atoms with van der Waals surface area (Å²) in [5.41, 5.74) is 7.17. The number of hydrogen-bond acceptors (Lipinski definition) is 3. The molecule has 4 nitrogen and oxygen atoms in total. The number of aromatic nitrogens is 1. The number of aryl methyl sites for hydroxylation is 1. The van der Waals surface area contributed by atoms with Crippen molar-refractivity contribution in [2.24, 2.45) is 5.73 Å². The van der Waals surface area contributed by atoms with E-state index < -0.39 is 0 Å². The third-order valence-corrected chi connectivity index (χ3v) is 2.99. The minimum absolute atomic E-state index is 0.0263. The average Bonchev–Trinajstić information content (AvgIpc) is 2.43. The molecule has 1 aliphatic rings. The van der Waals surface area contributed by atoms with Crippen LogP contribution in [0.1, 0.15) is 12.0 Å². The number of hydrogen-bond donors (Lipinski definition) is 1. The van der Waals surface area contributed by atoms with Crippen LogP contribution in [0.15, 0.2) is 6.07 Å². The van der Waals surface area contributed by atoms with Crippen LogP contribution < -0.4 is 10.6 Å². The summed E-state index contributed by atoms with van der Waals surface area (Å²) >= 11 is 11.8. The van der Waals surface area contributed by atoms with Gasteiger partial charge in [0.05, 0.1) is 5.69 Å². The van der Waals surface area contributed by atoms with Crippen LogP contribution in [0.4, 0.5) is 5.69 Å². The monoisotopic (exact) mass is 259 g/mol. The van der Waals surface area contributed by atoms with Crippen molar-refractivity contribution in [2.45, 2.75) is 19.4 Å². The van der Waals surface area contributed by atoms with Crippen molar-refractivity contribution in [2.75, 3.05) is 11.4 Å². The normalized spacial score (nSPS) is 20.6. The summed E-state index contributed by atoms with van der Waals surface area (Å²) < 4.78 is 0. The van der Waals surface area contributed by atoms with Crippen LogP contribution in [0, 0.1) is 6.92 Å². The van der Waals surface area contributed by atoms with Gasteiger partial charge >= 0.3 is 0 Å². The fourth-order valence-corrected chi connectivity index (χ4v) is 2.50. The maximum atomic E-state index is 11.7. The molecule has 1 aliphatic heterocycles. The number of carbonyl (C=O) groups is 1. The number of nitrogens with zero attached hydrogens (tertiary/aromatic N) is 2. The second-order valence-electron chi connectivity index (χ2n) is 3.87. The average molecular weight is 260 g/mol. The van der Waals surface area contributed by atoms with E-state index >= 15 is 0 Å². The lowest BCUT2D eigenvalue weighted by atomic mass is 10.2. The Morgan fingerprint density at radius 2 is 2.25 bits per heavy atom. The molecule has 1 saturated heterocycles. The van der Waals surface area contributed by atoms with Crippen molar-refractivity contribution < 1.29 is 4.79 Å². The molecule has 6 heteroatoms. The molecule has 16 heavy (non-hydrogen) atoms. The Hall–Kier alpha value is -0.840. The van der Waals surface area contributed by atoms with E-state index in [-0.39, 0.29) is 17.1 Å². The molecule has 0 radical (unpaired) electrons. The highest BCUT2D eigenvalue weighted by atomic mass is 35.5. The van der Waals surface area contributed by atoms with E-state index in [0.29, 0.717) is 23.8 Å². The Bertz CT molecular complexity index is 427. The van der Waals surface area contributed by atoms with Crippen LogP contribution >= 0.6 is 23.2 Å². The van der Waals surface area contributed by atoms with E-state index in [1.165, 1.54) is 0 Å². The van der Waals surface area contributed by atoms with E-state index in [4.69, 9.17) is 28.9 Å². The Morgan fingerprint density at radius 1 is 1.56 bits per heavy atom. The van der Waals surface area contributed by atoms with E-state index in [2.05, 4.69) is 4.98 Å². The van der Waals surface area contributed by atoms with Gasteiger partial charge in [-0.05, 0) is 18.6 Å². The van der Waals surface area contributed by atoms with Gasteiger partial charge in [-0.25, -0.2) is 4.98 Å². The number of carbonyl (C=O) groups excluding carboxylic acids is 1. The van der Waals surface area contributed by atoms with E-state index in [1.54, 1.807) is 11.0 Å². The van der Waals surface area contributed by atoms with Crippen molar-refractivity contribution in [3.8, 4) is 0 Å². The van der Waals surface area contributed by atoms with Gasteiger partial charge in [-0.15, -0.1) is 0 Å². The Balaban J connectivity index is 2.44. The molecular weight excluding hydrogens is 249 g/mol. The minimum Gasteiger partial charge on any atom is -0.326 e. The molecule has 0 bridgehead atoms. The Labute approximate surface area is 103 Å². The zero-order chi connectivity index (χ0) is 11.9. The predicted octanol–water partition coefficient (Wildman–Crippen LogP) is 1.76. The first-order chi connectivity index (χ1) is 7.49. The summed E-state index contributed by atoms with van der Waals surface area (Å²) in [7, 11) is 0. The van der Waals surface area contributed by atoms with Crippen LogP contribution in [-0.2, 0) is 4.79 Å². The highest BCUT2D eigenvalue weighted by molar-refractivity contribution is 6.35. The summed E-state index contributed by atoms with van der Waals surface area (Å²) in [6.45, 7) is 2.31. The Morgan fingerprint density at radius 3 is 2.75 bits per heavy atom. The molecule has 0 aliphatic carbocycles. The van der Waals surface area contributed by atoms with Gasteiger partial charge in [-0.3, -0.25) is 4.79 Å². The van der Waals surface area contributed by atoms with Gasteiger partial charge in [0.1, 0.15) is 5.15 Å². The molecule has 1 aromatic heterocycles. The lowest BCUT2D eigenvalue weighted by Crippen LogP contribution is -2.29. The second-order valence-corrected chi connectivity index (χ2v) is 4.62. The predicted molar refractivity (Wildman–Crippen MR) is 63.9 cm³/mol. The van der Waals surface area contributed by atoms with Crippen molar-refractivity contribution in [1.82, 2.24) is 4.98 Å². The van der Waals surface area contributed by atoms with E-state index in [9.17, 15) is 4.79 Å². The number of pyridine rings is 1. The molecule has 1 aromatic rings. The first-order valence-electron chi connectivity index (χ1n) is 4.87. The van der Waals surface area contributed by atoms with Gasteiger partial charge in [0.2, 0.25) is 5.91 Å². The summed E-state index contributed by atoms with van der Waals surface area (Å²) in [6, 6.07) is 1.54. The second kappa shape index (κ2) is 4.20. The number of halogens is 2. The third-order valence-electron chi connectivity index (χ3n) is 2.53. The number of nitrogens with two attached hydrogens (primary N) is 1. The third kappa shape index (κ3) is 2.00. The van der Waals surface area contributed by atoms with Gasteiger partial charge in [0.25, 0.3) is 0 Å². The smallest absolute Gasteiger partial charge is 0.228 e. The zero-order valence-corrected chi connectivity index (χ0v) is 10.2. The maximum Gasteiger partial charge on any atom is 0.228 e. The van der Waals surface area contributed by atoms with Crippen LogP contribution in [0.25, 0.3) is 0 Å². The summed E-state index contributed by atoms with van der Waals surface area (Å²) in [6.07, 6.45) is 0.346. The maximum absolute atomic E-state index is 11.7. The molecule has 1 amide bonds. The fraction of sp³-hybridized carbons (Fsp3) is 0.400. The molecule has 2 heterocycles. The highest BCUT2D eigenvalue weighted by Gasteiger charge is 2.30. The zero-order valence-electron chi connectivity index (χ0n) is 8.70. The number of rotatable bonds is 1. The highest BCUT2D eigenvalue weighted by Crippen LogP contribution is 2.32. The molecule has 2 N–H and O–H groups in total. The van der Waals surface area contributed by atoms with Gasteiger partial charge < -0.3 is 10.6 Å². The molecular formula is C10H11Cl2N3O. The lowest BCUT2D eigenvalue weighted by Gasteiger charge is -2.19. The van der Waals surface area contributed by atoms with Crippen molar-refractivity contribution in [3.63, 3.8) is 0 Å². The van der Waals surface area contributed by atoms with Crippen LogP contribution in [0.3, 0.4) is 0 Å². The van der Waals surface area contributed by atoms with Crippen LogP contribution in [0.2, 0.25) is 10.3 Å². The van der Waals surface area contributed by atoms with E-state index in [1.807, 2.05) is 6.92 Å². The van der Waals surface area contributed by atoms with Crippen molar-refractivity contribution in [1.29, 1.82) is 0 Å². The molecule has 0 aromatic carbocycles. The van der Waals surface area contributed by atoms with Crippen LogP contribution in [-0.4, -0.2) is 23.5 Å². The van der Waals surface area contributed by atoms with Gasteiger partial charge in [-0.1, -0.05) is 23.2 Å². The van der Waals surface area contributed by atoms with Crippen molar-refractivity contribution >= 4 is 34.8 Å². The minimum atomic E-state index is -0.140. The first kappa shape index (κ1) is 11.6.